The van der Waals surface area contributed by atoms with Gasteiger partial charge >= 0.3 is 35.5 Å². The van der Waals surface area contributed by atoms with E-state index < -0.39 is 16.6 Å². The first-order chi connectivity index (χ1) is 10.5. The summed E-state index contributed by atoms with van der Waals surface area (Å²) in [4.78, 5) is 21.3. The molecule has 0 unspecified atom stereocenters. The summed E-state index contributed by atoms with van der Waals surface area (Å²) in [5, 5.41) is 34.1. The van der Waals surface area contributed by atoms with E-state index in [0.29, 0.717) is 24.2 Å². The summed E-state index contributed by atoms with van der Waals surface area (Å²) in [6, 6.07) is 10.3. The Hall–Kier alpha value is -2.09. The molecule has 0 saturated heterocycles. The maximum Gasteiger partial charge on any atom is 1.00 e. The second kappa shape index (κ2) is 8.52. The first-order valence-electron chi connectivity index (χ1n) is 6.49. The SMILES string of the molecule is O=C(O)c1cc(NCCc2ccccc2[N+](=O)[O-])ccc1[O-].[Na+]. The zero-order chi connectivity index (χ0) is 16.1. The molecule has 114 valence electrons. The van der Waals surface area contributed by atoms with Gasteiger partial charge in [-0.2, -0.15) is 0 Å². The molecule has 0 saturated carbocycles. The molecule has 0 aliphatic rings. The van der Waals surface area contributed by atoms with Gasteiger partial charge in [-0.1, -0.05) is 30.0 Å². The Morgan fingerprint density at radius 1 is 1.22 bits per heavy atom. The topological polar surface area (TPSA) is 116 Å². The van der Waals surface area contributed by atoms with Crippen molar-refractivity contribution in [3.05, 3.63) is 63.7 Å². The Morgan fingerprint density at radius 2 is 1.91 bits per heavy atom. The fourth-order valence-corrected chi connectivity index (χ4v) is 2.05. The fourth-order valence-electron chi connectivity index (χ4n) is 2.05. The minimum absolute atomic E-state index is 0. The molecule has 2 rings (SSSR count). The van der Waals surface area contributed by atoms with Gasteiger partial charge < -0.3 is 15.5 Å². The van der Waals surface area contributed by atoms with Crippen LogP contribution in [-0.4, -0.2) is 22.5 Å². The molecular weight excluding hydrogens is 311 g/mol. The Morgan fingerprint density at radius 3 is 2.57 bits per heavy atom. The average Bonchev–Trinajstić information content (AvgIpc) is 2.49. The molecule has 0 aromatic heterocycles. The van der Waals surface area contributed by atoms with E-state index in [4.69, 9.17) is 5.11 Å². The molecule has 0 atom stereocenters. The molecule has 8 heteroatoms. The zero-order valence-corrected chi connectivity index (χ0v) is 14.5. The molecule has 2 aromatic rings. The maximum absolute atomic E-state index is 11.3. The van der Waals surface area contributed by atoms with E-state index in [9.17, 15) is 20.0 Å². The molecule has 0 fully saturated rings. The second-order valence-corrected chi connectivity index (χ2v) is 4.58. The third-order valence-electron chi connectivity index (χ3n) is 3.12. The number of nitro benzene ring substituents is 1. The van der Waals surface area contributed by atoms with Crippen LogP contribution in [0.3, 0.4) is 0 Å². The van der Waals surface area contributed by atoms with Crippen molar-refractivity contribution in [2.24, 2.45) is 0 Å². The van der Waals surface area contributed by atoms with Gasteiger partial charge in [-0.05, 0) is 18.6 Å². The van der Waals surface area contributed by atoms with Crippen molar-refractivity contribution in [3.8, 4) is 5.75 Å². The molecule has 0 aliphatic carbocycles. The van der Waals surface area contributed by atoms with Gasteiger partial charge in [-0.3, -0.25) is 10.1 Å². The Balaban J connectivity index is 0.00000264. The van der Waals surface area contributed by atoms with E-state index in [1.54, 1.807) is 18.2 Å². The van der Waals surface area contributed by atoms with E-state index in [1.165, 1.54) is 24.3 Å². The maximum atomic E-state index is 11.3. The van der Waals surface area contributed by atoms with Gasteiger partial charge in [0.15, 0.2) is 0 Å². The van der Waals surface area contributed by atoms with Gasteiger partial charge in [0, 0.05) is 23.9 Å². The molecule has 0 amide bonds. The van der Waals surface area contributed by atoms with Crippen molar-refractivity contribution < 1.29 is 49.5 Å². The zero-order valence-electron chi connectivity index (χ0n) is 12.5. The number of nitrogens with zero attached hydrogens (tertiary/aromatic N) is 1. The first-order valence-corrected chi connectivity index (χ1v) is 6.49. The predicted octanol–water partition coefficient (Wildman–Crippen LogP) is -0.975. The van der Waals surface area contributed by atoms with Crippen LogP contribution in [0.1, 0.15) is 15.9 Å². The smallest absolute Gasteiger partial charge is 0.872 e. The van der Waals surface area contributed by atoms with Crippen LogP contribution in [0.25, 0.3) is 0 Å². The van der Waals surface area contributed by atoms with Crippen LogP contribution in [0.4, 0.5) is 11.4 Å². The molecule has 0 heterocycles. The minimum atomic E-state index is -1.28. The number of carboxylic acid groups (broad SMARTS) is 1. The molecule has 23 heavy (non-hydrogen) atoms. The molecule has 2 N–H and O–H groups in total. The summed E-state index contributed by atoms with van der Waals surface area (Å²) in [5.74, 6) is -1.84. The Labute approximate surface area is 154 Å². The molecule has 7 nitrogen and oxygen atoms in total. The second-order valence-electron chi connectivity index (χ2n) is 4.58. The van der Waals surface area contributed by atoms with Crippen molar-refractivity contribution in [2.75, 3.05) is 11.9 Å². The van der Waals surface area contributed by atoms with Crippen LogP contribution < -0.4 is 40.0 Å². The monoisotopic (exact) mass is 324 g/mol. The third-order valence-corrected chi connectivity index (χ3v) is 3.12. The predicted molar refractivity (Wildman–Crippen MR) is 78.1 cm³/mol. The number of carboxylic acids is 1. The normalized spacial score (nSPS) is 9.74. The van der Waals surface area contributed by atoms with E-state index in [0.717, 1.165) is 0 Å². The number of rotatable bonds is 6. The summed E-state index contributed by atoms with van der Waals surface area (Å²) < 4.78 is 0. The molecule has 2 aromatic carbocycles. The fraction of sp³-hybridized carbons (Fsp3) is 0.133. The van der Waals surface area contributed by atoms with Crippen LogP contribution in [-0.2, 0) is 6.42 Å². The van der Waals surface area contributed by atoms with E-state index >= 15 is 0 Å². The van der Waals surface area contributed by atoms with Gasteiger partial charge in [0.05, 0.1) is 10.5 Å². The summed E-state index contributed by atoms with van der Waals surface area (Å²) >= 11 is 0. The van der Waals surface area contributed by atoms with Gasteiger partial charge in [0.25, 0.3) is 5.69 Å². The summed E-state index contributed by atoms with van der Waals surface area (Å²) in [6.07, 6.45) is 0.401. The molecule has 0 spiro atoms. The van der Waals surface area contributed by atoms with Crippen LogP contribution in [0.5, 0.6) is 5.75 Å². The molecule has 0 radical (unpaired) electrons. The molecule has 0 bridgehead atoms. The van der Waals surface area contributed by atoms with Crippen molar-refractivity contribution in [3.63, 3.8) is 0 Å². The number of benzene rings is 2. The molecular formula is C15H13N2NaO5. The number of aromatic carboxylic acids is 1. The first kappa shape index (κ1) is 19.0. The van der Waals surface area contributed by atoms with E-state index in [1.807, 2.05) is 0 Å². The standard InChI is InChI=1S/C15H14N2O5.Na/c18-14-6-5-11(9-12(14)15(19)20)16-8-7-10-3-1-2-4-13(10)17(21)22;/h1-6,9,16,18H,7-8H2,(H,19,20);/q;+1/p-1. The summed E-state index contributed by atoms with van der Waals surface area (Å²) in [7, 11) is 0. The van der Waals surface area contributed by atoms with Gasteiger partial charge in [-0.25, -0.2) is 4.79 Å². The number of anilines is 1. The quantitative estimate of drug-likeness (QED) is 0.401. The largest absolute Gasteiger partial charge is 1.00 e. The van der Waals surface area contributed by atoms with Crippen molar-refractivity contribution in [2.45, 2.75) is 6.42 Å². The molecule has 0 aliphatic heterocycles. The number of hydrogen-bond donors (Lipinski definition) is 2. The summed E-state index contributed by atoms with van der Waals surface area (Å²) in [5.41, 5.74) is 0.801. The van der Waals surface area contributed by atoms with Gasteiger partial charge in [-0.15, -0.1) is 0 Å². The Kier molecular flexibility index (Phi) is 7.02. The van der Waals surface area contributed by atoms with E-state index in [2.05, 4.69) is 5.32 Å². The number of carbonyl (C=O) groups is 1. The average molecular weight is 324 g/mol. The van der Waals surface area contributed by atoms with Gasteiger partial charge in [0.1, 0.15) is 0 Å². The van der Waals surface area contributed by atoms with Crippen molar-refractivity contribution in [1.82, 2.24) is 0 Å². The van der Waals surface area contributed by atoms with E-state index in [-0.39, 0.29) is 40.8 Å². The number of hydrogen-bond acceptors (Lipinski definition) is 5. The number of para-hydroxylation sites is 1. The van der Waals surface area contributed by atoms with Crippen LogP contribution in [0.15, 0.2) is 42.5 Å². The van der Waals surface area contributed by atoms with Crippen molar-refractivity contribution in [1.29, 1.82) is 0 Å². The number of nitro groups is 1. The van der Waals surface area contributed by atoms with Crippen molar-refractivity contribution >= 4 is 17.3 Å². The number of nitrogens with one attached hydrogen (secondary N) is 1. The van der Waals surface area contributed by atoms with Crippen LogP contribution in [0.2, 0.25) is 0 Å². The van der Waals surface area contributed by atoms with Crippen LogP contribution in [0, 0.1) is 10.1 Å². The third kappa shape index (κ3) is 4.95. The Bertz CT molecular complexity index is 721. The summed E-state index contributed by atoms with van der Waals surface area (Å²) in [6.45, 7) is 0.377. The minimum Gasteiger partial charge on any atom is -0.872 e. The van der Waals surface area contributed by atoms with Gasteiger partial charge in [0.2, 0.25) is 0 Å². The van der Waals surface area contributed by atoms with Crippen LogP contribution >= 0.6 is 0 Å².